The van der Waals surface area contributed by atoms with Crippen molar-refractivity contribution in [2.24, 2.45) is 11.7 Å². The van der Waals surface area contributed by atoms with Gasteiger partial charge < -0.3 is 16.0 Å². The fourth-order valence-corrected chi connectivity index (χ4v) is 2.49. The minimum Gasteiger partial charge on any atom is -0.351 e. The second kappa shape index (κ2) is 6.40. The van der Waals surface area contributed by atoms with Gasteiger partial charge in [-0.15, -0.1) is 0 Å². The highest BCUT2D eigenvalue weighted by Gasteiger charge is 2.27. The molecule has 0 spiro atoms. The van der Waals surface area contributed by atoms with Gasteiger partial charge in [0.1, 0.15) is 0 Å². The zero-order valence-corrected chi connectivity index (χ0v) is 11.7. The molecule has 1 aliphatic rings. The van der Waals surface area contributed by atoms with Crippen LogP contribution < -0.4 is 11.1 Å². The van der Waals surface area contributed by atoms with E-state index in [0.29, 0.717) is 19.6 Å². The summed E-state index contributed by atoms with van der Waals surface area (Å²) in [5.41, 5.74) is 5.26. The number of nitrogens with two attached hydrogens (primary N) is 1. The van der Waals surface area contributed by atoms with Gasteiger partial charge in [0.25, 0.3) is 0 Å². The molecule has 0 bridgehead atoms. The third-order valence-electron chi connectivity index (χ3n) is 3.51. The molecule has 3 amide bonds. The van der Waals surface area contributed by atoms with Crippen LogP contribution in [0.1, 0.15) is 19.8 Å². The van der Waals surface area contributed by atoms with Crippen LogP contribution in [-0.2, 0) is 11.3 Å². The van der Waals surface area contributed by atoms with Crippen molar-refractivity contribution in [1.29, 1.82) is 0 Å². The fraction of sp³-hybridized carbons (Fsp3) is 0.615. The average Bonchev–Trinajstić information content (AvgIpc) is 2.91. The number of carbonyl (C=O) groups is 2. The van der Waals surface area contributed by atoms with Crippen molar-refractivity contribution in [3.63, 3.8) is 0 Å². The standard InChI is InChI=1S/C13H21N5O2/c1-10(8-18-7-3-5-15-18)16-12(19)11-4-2-6-17(9-11)13(14)20/h3,5,7,10-11H,2,4,6,8-9H2,1H3,(H2,14,20)(H,16,19). The van der Waals surface area contributed by atoms with E-state index in [4.69, 9.17) is 5.73 Å². The maximum Gasteiger partial charge on any atom is 0.314 e. The number of likely N-dealkylation sites (tertiary alicyclic amines) is 1. The summed E-state index contributed by atoms with van der Waals surface area (Å²) in [6, 6.07) is 1.39. The predicted molar refractivity (Wildman–Crippen MR) is 73.7 cm³/mol. The Morgan fingerprint density at radius 3 is 3.00 bits per heavy atom. The lowest BCUT2D eigenvalue weighted by atomic mass is 9.97. The molecule has 20 heavy (non-hydrogen) atoms. The highest BCUT2D eigenvalue weighted by atomic mass is 16.2. The predicted octanol–water partition coefficient (Wildman–Crippen LogP) is 0.179. The number of aromatic nitrogens is 2. The van der Waals surface area contributed by atoms with Crippen LogP contribution in [0.5, 0.6) is 0 Å². The average molecular weight is 279 g/mol. The summed E-state index contributed by atoms with van der Waals surface area (Å²) < 4.78 is 1.78. The molecule has 0 aliphatic carbocycles. The van der Waals surface area contributed by atoms with Gasteiger partial charge >= 0.3 is 6.03 Å². The molecule has 1 fully saturated rings. The molecule has 1 aliphatic heterocycles. The van der Waals surface area contributed by atoms with Crippen LogP contribution in [0.25, 0.3) is 0 Å². The van der Waals surface area contributed by atoms with Gasteiger partial charge in [-0.3, -0.25) is 9.48 Å². The van der Waals surface area contributed by atoms with Crippen molar-refractivity contribution >= 4 is 11.9 Å². The highest BCUT2D eigenvalue weighted by Crippen LogP contribution is 2.16. The lowest BCUT2D eigenvalue weighted by Crippen LogP contribution is -2.49. The summed E-state index contributed by atoms with van der Waals surface area (Å²) in [6.45, 7) is 3.62. The molecule has 110 valence electrons. The Labute approximate surface area is 118 Å². The Morgan fingerprint density at radius 1 is 1.55 bits per heavy atom. The summed E-state index contributed by atoms with van der Waals surface area (Å²) in [5.74, 6) is -0.188. The molecular formula is C13H21N5O2. The SMILES string of the molecule is CC(Cn1cccn1)NC(=O)C1CCCN(C(N)=O)C1. The van der Waals surface area contributed by atoms with Crippen molar-refractivity contribution in [3.8, 4) is 0 Å². The van der Waals surface area contributed by atoms with Crippen molar-refractivity contribution in [1.82, 2.24) is 20.0 Å². The Hall–Kier alpha value is -2.05. The van der Waals surface area contributed by atoms with Crippen LogP contribution in [0.2, 0.25) is 0 Å². The van der Waals surface area contributed by atoms with Gasteiger partial charge in [-0.1, -0.05) is 0 Å². The second-order valence-electron chi connectivity index (χ2n) is 5.26. The Morgan fingerprint density at radius 2 is 2.35 bits per heavy atom. The van der Waals surface area contributed by atoms with Crippen LogP contribution >= 0.6 is 0 Å². The molecule has 0 aromatic carbocycles. The Kier molecular flexibility index (Phi) is 4.60. The lowest BCUT2D eigenvalue weighted by molar-refractivity contribution is -0.127. The smallest absolute Gasteiger partial charge is 0.314 e. The first kappa shape index (κ1) is 14.4. The monoisotopic (exact) mass is 279 g/mol. The third kappa shape index (κ3) is 3.72. The van der Waals surface area contributed by atoms with E-state index in [1.165, 1.54) is 4.90 Å². The van der Waals surface area contributed by atoms with Crippen LogP contribution in [0.4, 0.5) is 4.79 Å². The molecule has 2 heterocycles. The first-order chi connectivity index (χ1) is 9.56. The van der Waals surface area contributed by atoms with Crippen LogP contribution in [0.3, 0.4) is 0 Å². The minimum absolute atomic E-state index is 0.00801. The molecule has 1 aromatic heterocycles. The van der Waals surface area contributed by atoms with E-state index in [-0.39, 0.29) is 17.9 Å². The van der Waals surface area contributed by atoms with Gasteiger partial charge in [0.05, 0.1) is 12.5 Å². The zero-order chi connectivity index (χ0) is 14.5. The van der Waals surface area contributed by atoms with E-state index in [9.17, 15) is 9.59 Å². The van der Waals surface area contributed by atoms with Crippen LogP contribution in [0.15, 0.2) is 18.5 Å². The van der Waals surface area contributed by atoms with Gasteiger partial charge in [0, 0.05) is 31.5 Å². The van der Waals surface area contributed by atoms with Gasteiger partial charge in [-0.2, -0.15) is 5.10 Å². The van der Waals surface area contributed by atoms with E-state index in [1.807, 2.05) is 19.2 Å². The Bertz CT molecular complexity index is 459. The van der Waals surface area contributed by atoms with Gasteiger partial charge in [0.2, 0.25) is 5.91 Å². The van der Waals surface area contributed by atoms with E-state index in [0.717, 1.165) is 12.8 Å². The number of carbonyl (C=O) groups excluding carboxylic acids is 2. The number of amides is 3. The normalized spacial score (nSPS) is 20.4. The molecule has 0 saturated carbocycles. The third-order valence-corrected chi connectivity index (χ3v) is 3.51. The largest absolute Gasteiger partial charge is 0.351 e. The maximum atomic E-state index is 12.2. The number of hydrogen-bond donors (Lipinski definition) is 2. The highest BCUT2D eigenvalue weighted by molar-refractivity contribution is 5.80. The lowest BCUT2D eigenvalue weighted by Gasteiger charge is -2.31. The molecule has 2 atom stereocenters. The number of primary amides is 1. The van der Waals surface area contributed by atoms with Crippen LogP contribution in [0, 0.1) is 5.92 Å². The molecule has 7 nitrogen and oxygen atoms in total. The first-order valence-corrected chi connectivity index (χ1v) is 6.88. The van der Waals surface area contributed by atoms with E-state index in [1.54, 1.807) is 10.9 Å². The number of nitrogens with zero attached hydrogens (tertiary/aromatic N) is 3. The molecule has 1 aromatic rings. The zero-order valence-electron chi connectivity index (χ0n) is 11.7. The van der Waals surface area contributed by atoms with Crippen molar-refractivity contribution in [3.05, 3.63) is 18.5 Å². The molecule has 3 N–H and O–H groups in total. The van der Waals surface area contributed by atoms with Crippen LogP contribution in [-0.4, -0.2) is 45.8 Å². The summed E-state index contributed by atoms with van der Waals surface area (Å²) in [6.07, 6.45) is 5.18. The summed E-state index contributed by atoms with van der Waals surface area (Å²) >= 11 is 0. The van der Waals surface area contributed by atoms with Crippen molar-refractivity contribution in [2.45, 2.75) is 32.4 Å². The number of nitrogens with one attached hydrogen (secondary N) is 1. The van der Waals surface area contributed by atoms with E-state index < -0.39 is 6.03 Å². The number of hydrogen-bond acceptors (Lipinski definition) is 3. The topological polar surface area (TPSA) is 93.2 Å². The van der Waals surface area contributed by atoms with Gasteiger partial charge in [-0.25, -0.2) is 4.79 Å². The Balaban J connectivity index is 1.83. The van der Waals surface area contributed by atoms with Crippen molar-refractivity contribution < 1.29 is 9.59 Å². The van der Waals surface area contributed by atoms with Gasteiger partial charge in [-0.05, 0) is 25.8 Å². The molecule has 0 radical (unpaired) electrons. The second-order valence-corrected chi connectivity index (χ2v) is 5.26. The number of piperidine rings is 1. The quantitative estimate of drug-likeness (QED) is 0.823. The van der Waals surface area contributed by atoms with E-state index in [2.05, 4.69) is 10.4 Å². The van der Waals surface area contributed by atoms with Crippen molar-refractivity contribution in [2.75, 3.05) is 13.1 Å². The molecule has 7 heteroatoms. The molecular weight excluding hydrogens is 258 g/mol. The maximum absolute atomic E-state index is 12.2. The summed E-state index contributed by atoms with van der Waals surface area (Å²) in [4.78, 5) is 24.9. The fourth-order valence-electron chi connectivity index (χ4n) is 2.49. The number of rotatable bonds is 4. The molecule has 2 rings (SSSR count). The molecule has 1 saturated heterocycles. The first-order valence-electron chi connectivity index (χ1n) is 6.88. The summed E-state index contributed by atoms with van der Waals surface area (Å²) in [7, 11) is 0. The minimum atomic E-state index is -0.452. The van der Waals surface area contributed by atoms with E-state index >= 15 is 0 Å². The summed E-state index contributed by atoms with van der Waals surface area (Å²) in [5, 5.41) is 7.08. The van der Waals surface area contributed by atoms with Gasteiger partial charge in [0.15, 0.2) is 0 Å². The number of urea groups is 1. The molecule has 2 unspecified atom stereocenters.